The Morgan fingerprint density at radius 3 is 2.60 bits per heavy atom. The van der Waals surface area contributed by atoms with E-state index in [1.807, 2.05) is 19.1 Å². The summed E-state index contributed by atoms with van der Waals surface area (Å²) in [6.45, 7) is 4.09. The van der Waals surface area contributed by atoms with E-state index in [-0.39, 0.29) is 6.04 Å². The maximum atomic E-state index is 12.5. The average molecular weight is 360 g/mol. The van der Waals surface area contributed by atoms with Crippen LogP contribution in [0.3, 0.4) is 0 Å². The lowest BCUT2D eigenvalue weighted by molar-refractivity contribution is 0.399. The van der Waals surface area contributed by atoms with Gasteiger partial charge in [-0.1, -0.05) is 32.3 Å². The first-order chi connectivity index (χ1) is 9.40. The molecule has 0 heterocycles. The Hall–Kier alpha value is -0.390. The third-order valence-electron chi connectivity index (χ3n) is 4.04. The van der Waals surface area contributed by atoms with Crippen LogP contribution in [0.1, 0.15) is 44.6 Å². The van der Waals surface area contributed by atoms with Crippen molar-refractivity contribution in [1.29, 1.82) is 0 Å². The summed E-state index contributed by atoms with van der Waals surface area (Å²) >= 11 is 3.36. The largest absolute Gasteiger partial charge is 0.241 e. The van der Waals surface area contributed by atoms with Crippen molar-refractivity contribution < 1.29 is 8.42 Å². The van der Waals surface area contributed by atoms with Gasteiger partial charge in [0.2, 0.25) is 10.0 Å². The molecule has 0 saturated heterocycles. The van der Waals surface area contributed by atoms with Crippen molar-refractivity contribution in [2.24, 2.45) is 5.92 Å². The zero-order chi connectivity index (χ0) is 14.8. The fourth-order valence-electron chi connectivity index (χ4n) is 2.75. The second-order valence-corrected chi connectivity index (χ2v) is 8.31. The van der Waals surface area contributed by atoms with Crippen LogP contribution in [0.15, 0.2) is 27.6 Å². The summed E-state index contributed by atoms with van der Waals surface area (Å²) in [6.07, 6.45) is 5.54. The summed E-state index contributed by atoms with van der Waals surface area (Å²) in [6, 6.07) is 5.39. The highest BCUT2D eigenvalue weighted by Crippen LogP contribution is 2.27. The van der Waals surface area contributed by atoms with Gasteiger partial charge in [-0.05, 0) is 59.3 Å². The van der Waals surface area contributed by atoms with Crippen LogP contribution in [0.4, 0.5) is 0 Å². The zero-order valence-corrected chi connectivity index (χ0v) is 14.4. The van der Waals surface area contributed by atoms with E-state index in [1.54, 1.807) is 6.07 Å². The van der Waals surface area contributed by atoms with Crippen molar-refractivity contribution in [3.63, 3.8) is 0 Å². The van der Waals surface area contributed by atoms with E-state index in [4.69, 9.17) is 0 Å². The molecule has 5 heteroatoms. The molecule has 1 saturated carbocycles. The van der Waals surface area contributed by atoms with Crippen LogP contribution < -0.4 is 4.72 Å². The van der Waals surface area contributed by atoms with Gasteiger partial charge in [0, 0.05) is 10.5 Å². The number of halogens is 1. The molecule has 0 aliphatic heterocycles. The molecule has 1 aromatic rings. The number of nitrogens with one attached hydrogen (secondary N) is 1. The molecule has 0 aromatic heterocycles. The number of hydrogen-bond donors (Lipinski definition) is 1. The fourth-order valence-corrected chi connectivity index (χ4v) is 5.33. The second-order valence-electron chi connectivity index (χ2n) is 5.78. The molecule has 0 bridgehead atoms. The van der Waals surface area contributed by atoms with E-state index in [1.165, 1.54) is 12.8 Å². The maximum absolute atomic E-state index is 12.5. The van der Waals surface area contributed by atoms with Crippen LogP contribution in [0.2, 0.25) is 0 Å². The molecule has 2 unspecified atom stereocenters. The normalized spacial score (nSPS) is 24.4. The Morgan fingerprint density at radius 2 is 1.90 bits per heavy atom. The molecule has 1 aliphatic carbocycles. The predicted octanol–water partition coefficient (Wildman–Crippen LogP) is 4.00. The van der Waals surface area contributed by atoms with Gasteiger partial charge in [0.15, 0.2) is 0 Å². The summed E-state index contributed by atoms with van der Waals surface area (Å²) in [7, 11) is -3.45. The van der Waals surface area contributed by atoms with Crippen molar-refractivity contribution >= 4 is 26.0 Å². The highest BCUT2D eigenvalue weighted by Gasteiger charge is 2.26. The van der Waals surface area contributed by atoms with Gasteiger partial charge in [0.05, 0.1) is 4.90 Å². The number of aryl methyl sites for hydroxylation is 1. The molecular formula is C15H22BrNO2S. The third kappa shape index (κ3) is 3.83. The van der Waals surface area contributed by atoms with E-state index in [2.05, 4.69) is 27.6 Å². The van der Waals surface area contributed by atoms with Crippen LogP contribution in [0.25, 0.3) is 0 Å². The van der Waals surface area contributed by atoms with Gasteiger partial charge in [-0.25, -0.2) is 13.1 Å². The number of hydrogen-bond acceptors (Lipinski definition) is 2. The van der Waals surface area contributed by atoms with Crippen molar-refractivity contribution in [2.75, 3.05) is 0 Å². The lowest BCUT2D eigenvalue weighted by Gasteiger charge is -2.23. The lowest BCUT2D eigenvalue weighted by Crippen LogP contribution is -2.38. The Kier molecular flexibility index (Phi) is 5.26. The molecule has 3 nitrogen and oxygen atoms in total. The summed E-state index contributed by atoms with van der Waals surface area (Å²) < 4.78 is 28.6. The summed E-state index contributed by atoms with van der Waals surface area (Å²) in [5, 5.41) is 0. The zero-order valence-electron chi connectivity index (χ0n) is 12.0. The quantitative estimate of drug-likeness (QED) is 0.828. The molecule has 1 aliphatic rings. The molecule has 1 N–H and O–H groups in total. The molecule has 2 atom stereocenters. The fraction of sp³-hybridized carbons (Fsp3) is 0.600. The minimum absolute atomic E-state index is 0.0516. The first-order valence-electron chi connectivity index (χ1n) is 7.18. The highest BCUT2D eigenvalue weighted by atomic mass is 79.9. The SMILES string of the molecule is Cc1ccc(S(=O)(=O)NC2CCCCCC2C)c(Br)c1. The molecule has 1 fully saturated rings. The average Bonchev–Trinajstić information content (AvgIpc) is 2.54. The molecule has 1 aromatic carbocycles. The Balaban J connectivity index is 2.21. The predicted molar refractivity (Wildman–Crippen MR) is 85.2 cm³/mol. The second kappa shape index (κ2) is 6.58. The molecule has 2 rings (SSSR count). The summed E-state index contributed by atoms with van der Waals surface area (Å²) in [5.74, 6) is 0.400. The molecular weight excluding hydrogens is 338 g/mol. The summed E-state index contributed by atoms with van der Waals surface area (Å²) in [4.78, 5) is 0.333. The molecule has 20 heavy (non-hydrogen) atoms. The van der Waals surface area contributed by atoms with Crippen LogP contribution in [0.5, 0.6) is 0 Å². The minimum atomic E-state index is -3.45. The van der Waals surface area contributed by atoms with Gasteiger partial charge in [-0.15, -0.1) is 0 Å². The molecule has 0 radical (unpaired) electrons. The van der Waals surface area contributed by atoms with Gasteiger partial charge in [-0.2, -0.15) is 0 Å². The Morgan fingerprint density at radius 1 is 1.20 bits per heavy atom. The first-order valence-corrected chi connectivity index (χ1v) is 9.46. The monoisotopic (exact) mass is 359 g/mol. The standard InChI is InChI=1S/C15H22BrNO2S/c1-11-8-9-15(13(16)10-11)20(18,19)17-14-7-5-3-4-6-12(14)2/h8-10,12,14,17H,3-7H2,1-2H3. The van der Waals surface area contributed by atoms with Gasteiger partial charge >= 0.3 is 0 Å². The summed E-state index contributed by atoms with van der Waals surface area (Å²) in [5.41, 5.74) is 1.04. The van der Waals surface area contributed by atoms with Crippen LogP contribution in [-0.2, 0) is 10.0 Å². The van der Waals surface area contributed by atoms with E-state index in [0.29, 0.717) is 15.3 Å². The van der Waals surface area contributed by atoms with E-state index < -0.39 is 10.0 Å². The van der Waals surface area contributed by atoms with Gasteiger partial charge in [-0.3, -0.25) is 0 Å². The molecule has 112 valence electrons. The van der Waals surface area contributed by atoms with Crippen molar-refractivity contribution in [3.8, 4) is 0 Å². The van der Waals surface area contributed by atoms with Crippen molar-refractivity contribution in [3.05, 3.63) is 28.2 Å². The maximum Gasteiger partial charge on any atom is 0.241 e. The first kappa shape index (κ1) is 16.0. The van der Waals surface area contributed by atoms with Gasteiger partial charge in [0.1, 0.15) is 0 Å². The van der Waals surface area contributed by atoms with Crippen LogP contribution in [-0.4, -0.2) is 14.5 Å². The molecule has 0 spiro atoms. The van der Waals surface area contributed by atoms with Gasteiger partial charge in [0.25, 0.3) is 0 Å². The smallest absolute Gasteiger partial charge is 0.208 e. The number of rotatable bonds is 3. The highest BCUT2D eigenvalue weighted by molar-refractivity contribution is 9.10. The van der Waals surface area contributed by atoms with Crippen LogP contribution >= 0.6 is 15.9 Å². The number of sulfonamides is 1. The van der Waals surface area contributed by atoms with E-state index >= 15 is 0 Å². The van der Waals surface area contributed by atoms with E-state index in [0.717, 1.165) is 24.8 Å². The topological polar surface area (TPSA) is 46.2 Å². The van der Waals surface area contributed by atoms with E-state index in [9.17, 15) is 8.42 Å². The number of benzene rings is 1. The Labute approximate surface area is 130 Å². The van der Waals surface area contributed by atoms with Crippen molar-refractivity contribution in [1.82, 2.24) is 4.72 Å². The lowest BCUT2D eigenvalue weighted by atomic mass is 9.98. The Bertz CT molecular complexity index is 571. The van der Waals surface area contributed by atoms with Crippen LogP contribution in [0, 0.1) is 12.8 Å². The van der Waals surface area contributed by atoms with Crippen molar-refractivity contribution in [2.45, 2.75) is 56.9 Å². The minimum Gasteiger partial charge on any atom is -0.208 e. The molecule has 0 amide bonds. The third-order valence-corrected chi connectivity index (χ3v) is 6.51. The van der Waals surface area contributed by atoms with Gasteiger partial charge < -0.3 is 0 Å².